The molecule has 0 saturated carbocycles. The molecular formula is C7H13NS. The summed E-state index contributed by atoms with van der Waals surface area (Å²) in [7, 11) is 0. The summed E-state index contributed by atoms with van der Waals surface area (Å²) in [4.78, 5) is 3.86. The van der Waals surface area contributed by atoms with Gasteiger partial charge in [0.2, 0.25) is 0 Å². The van der Waals surface area contributed by atoms with Gasteiger partial charge in [0.05, 0.1) is 5.55 Å². The molecule has 0 rings (SSSR count). The molecule has 0 radical (unpaired) electrons. The number of nitrogens with zero attached hydrogens (tertiary/aromatic N) is 1. The van der Waals surface area contributed by atoms with E-state index in [-0.39, 0.29) is 4.75 Å². The highest BCUT2D eigenvalue weighted by Gasteiger charge is 2.07. The van der Waals surface area contributed by atoms with Crippen molar-refractivity contribution < 1.29 is 0 Å². The van der Waals surface area contributed by atoms with E-state index < -0.39 is 0 Å². The minimum Gasteiger partial charge on any atom is -0.258 e. The van der Waals surface area contributed by atoms with E-state index in [4.69, 9.17) is 0 Å². The SMILES string of the molecule is C=C/N=C\SC(C)(C)C. The molecule has 0 bridgehead atoms. The molecule has 0 N–H and O–H groups in total. The molecule has 2 heteroatoms. The van der Waals surface area contributed by atoms with E-state index >= 15 is 0 Å². The number of aliphatic imine (C=N–C) groups is 1. The van der Waals surface area contributed by atoms with E-state index in [2.05, 4.69) is 32.3 Å². The Balaban J connectivity index is 3.50. The first kappa shape index (κ1) is 8.76. The second kappa shape index (κ2) is 3.72. The molecule has 0 fully saturated rings. The van der Waals surface area contributed by atoms with Crippen LogP contribution >= 0.6 is 11.8 Å². The maximum atomic E-state index is 3.86. The van der Waals surface area contributed by atoms with Crippen molar-refractivity contribution in [2.75, 3.05) is 0 Å². The van der Waals surface area contributed by atoms with Crippen LogP contribution in [0.1, 0.15) is 20.8 Å². The van der Waals surface area contributed by atoms with Crippen LogP contribution in [0, 0.1) is 0 Å². The van der Waals surface area contributed by atoms with Gasteiger partial charge in [-0.2, -0.15) is 0 Å². The van der Waals surface area contributed by atoms with Gasteiger partial charge in [0.1, 0.15) is 0 Å². The average Bonchev–Trinajstić information content (AvgIpc) is 1.63. The van der Waals surface area contributed by atoms with Gasteiger partial charge >= 0.3 is 0 Å². The van der Waals surface area contributed by atoms with Gasteiger partial charge in [0.15, 0.2) is 0 Å². The third-order valence-corrected chi connectivity index (χ3v) is 1.51. The molecule has 52 valence electrons. The smallest absolute Gasteiger partial charge is 0.0601 e. The Morgan fingerprint density at radius 3 is 2.33 bits per heavy atom. The van der Waals surface area contributed by atoms with Crippen LogP contribution in [-0.2, 0) is 0 Å². The van der Waals surface area contributed by atoms with Crippen LogP contribution in [0.5, 0.6) is 0 Å². The summed E-state index contributed by atoms with van der Waals surface area (Å²) in [5.41, 5.74) is 1.81. The molecule has 1 nitrogen and oxygen atoms in total. The van der Waals surface area contributed by atoms with Gasteiger partial charge in [0.25, 0.3) is 0 Å². The lowest BCUT2D eigenvalue weighted by molar-refractivity contribution is 0.809. The Labute approximate surface area is 61.3 Å². The molecule has 0 aromatic carbocycles. The van der Waals surface area contributed by atoms with E-state index in [0.29, 0.717) is 0 Å². The summed E-state index contributed by atoms with van der Waals surface area (Å²) in [6.45, 7) is 9.91. The van der Waals surface area contributed by atoms with E-state index in [1.54, 1.807) is 18.0 Å². The summed E-state index contributed by atoms with van der Waals surface area (Å²) in [6.07, 6.45) is 1.54. The van der Waals surface area contributed by atoms with Crippen LogP contribution in [0.25, 0.3) is 0 Å². The lowest BCUT2D eigenvalue weighted by atomic mass is 10.3. The minimum absolute atomic E-state index is 0.270. The summed E-state index contributed by atoms with van der Waals surface area (Å²) >= 11 is 1.70. The van der Waals surface area contributed by atoms with Crippen molar-refractivity contribution in [2.24, 2.45) is 4.99 Å². The number of thioether (sulfide) groups is 1. The topological polar surface area (TPSA) is 12.4 Å². The van der Waals surface area contributed by atoms with Gasteiger partial charge in [-0.3, -0.25) is 4.99 Å². The molecule has 0 aliphatic heterocycles. The summed E-state index contributed by atoms with van der Waals surface area (Å²) in [5, 5.41) is 0. The Hall–Kier alpha value is -0.240. The third kappa shape index (κ3) is 7.76. The predicted molar refractivity (Wildman–Crippen MR) is 46.0 cm³/mol. The molecule has 0 spiro atoms. The predicted octanol–water partition coefficient (Wildman–Crippen LogP) is 2.69. The third-order valence-electron chi connectivity index (χ3n) is 0.573. The highest BCUT2D eigenvalue weighted by atomic mass is 32.2. The van der Waals surface area contributed by atoms with Gasteiger partial charge in [0, 0.05) is 10.9 Å². The lowest BCUT2D eigenvalue weighted by Gasteiger charge is -2.12. The van der Waals surface area contributed by atoms with Crippen LogP contribution in [0.3, 0.4) is 0 Å². The highest BCUT2D eigenvalue weighted by molar-refractivity contribution is 8.13. The molecule has 0 aliphatic rings. The van der Waals surface area contributed by atoms with Crippen molar-refractivity contribution in [3.63, 3.8) is 0 Å². The van der Waals surface area contributed by atoms with Crippen molar-refractivity contribution in [3.8, 4) is 0 Å². The molecule has 0 aliphatic carbocycles. The van der Waals surface area contributed by atoms with Crippen molar-refractivity contribution >= 4 is 17.3 Å². The summed E-state index contributed by atoms with van der Waals surface area (Å²) in [5.74, 6) is 0. The highest BCUT2D eigenvalue weighted by Crippen LogP contribution is 2.20. The van der Waals surface area contributed by atoms with E-state index in [0.717, 1.165) is 0 Å². The Bertz CT molecular complexity index is 111. The molecule has 0 aromatic heterocycles. The molecular weight excluding hydrogens is 130 g/mol. The number of hydrogen-bond donors (Lipinski definition) is 0. The maximum Gasteiger partial charge on any atom is 0.0601 e. The van der Waals surface area contributed by atoms with Gasteiger partial charge in [-0.15, -0.1) is 11.8 Å². The maximum absolute atomic E-state index is 3.86. The van der Waals surface area contributed by atoms with Crippen LogP contribution in [0.4, 0.5) is 0 Å². The van der Waals surface area contributed by atoms with Gasteiger partial charge in [-0.25, -0.2) is 0 Å². The second-order valence-corrected chi connectivity index (χ2v) is 4.34. The molecule has 0 saturated heterocycles. The molecule has 0 atom stereocenters. The standard InChI is InChI=1S/C7H13NS/c1-5-8-6-9-7(2,3)4/h5-6H,1H2,2-4H3/b8-6-. The zero-order valence-corrected chi connectivity index (χ0v) is 7.03. The Morgan fingerprint density at radius 2 is 2.00 bits per heavy atom. The van der Waals surface area contributed by atoms with E-state index in [1.807, 2.05) is 5.55 Å². The van der Waals surface area contributed by atoms with Crippen molar-refractivity contribution in [1.29, 1.82) is 0 Å². The van der Waals surface area contributed by atoms with Crippen molar-refractivity contribution in [3.05, 3.63) is 12.8 Å². The molecule has 0 heterocycles. The van der Waals surface area contributed by atoms with Crippen LogP contribution in [0.15, 0.2) is 17.8 Å². The van der Waals surface area contributed by atoms with Gasteiger partial charge < -0.3 is 0 Å². The fourth-order valence-electron chi connectivity index (χ4n) is 0.232. The molecule has 0 unspecified atom stereocenters. The van der Waals surface area contributed by atoms with Crippen molar-refractivity contribution in [1.82, 2.24) is 0 Å². The number of rotatable bonds is 2. The largest absolute Gasteiger partial charge is 0.258 e. The molecule has 0 aromatic rings. The molecule has 9 heavy (non-hydrogen) atoms. The Morgan fingerprint density at radius 1 is 1.44 bits per heavy atom. The first-order valence-corrected chi connectivity index (χ1v) is 3.74. The second-order valence-electron chi connectivity index (χ2n) is 2.67. The van der Waals surface area contributed by atoms with Gasteiger partial charge in [-0.1, -0.05) is 27.4 Å². The monoisotopic (exact) mass is 143 g/mol. The first-order chi connectivity index (χ1) is 4.06. The summed E-state index contributed by atoms with van der Waals surface area (Å²) < 4.78 is 0.270. The fourth-order valence-corrected chi connectivity index (χ4v) is 0.695. The van der Waals surface area contributed by atoms with Crippen LogP contribution in [-0.4, -0.2) is 10.3 Å². The zero-order valence-electron chi connectivity index (χ0n) is 6.22. The van der Waals surface area contributed by atoms with Crippen LogP contribution < -0.4 is 0 Å². The summed E-state index contributed by atoms with van der Waals surface area (Å²) in [6, 6.07) is 0. The normalized spacial score (nSPS) is 12.3. The average molecular weight is 143 g/mol. The lowest BCUT2D eigenvalue weighted by Crippen LogP contribution is -2.06. The Kier molecular flexibility index (Phi) is 3.62. The zero-order chi connectivity index (χ0) is 7.33. The van der Waals surface area contributed by atoms with E-state index in [1.165, 1.54) is 0 Å². The first-order valence-electron chi connectivity index (χ1n) is 2.86. The van der Waals surface area contributed by atoms with Crippen molar-refractivity contribution in [2.45, 2.75) is 25.5 Å². The van der Waals surface area contributed by atoms with Crippen LogP contribution in [0.2, 0.25) is 0 Å². The number of hydrogen-bond acceptors (Lipinski definition) is 2. The van der Waals surface area contributed by atoms with E-state index in [9.17, 15) is 0 Å². The minimum atomic E-state index is 0.270. The molecule has 0 amide bonds. The quantitative estimate of drug-likeness (QED) is 0.427. The fraction of sp³-hybridized carbons (Fsp3) is 0.571. The van der Waals surface area contributed by atoms with Gasteiger partial charge in [-0.05, 0) is 0 Å².